The number of aromatic nitrogens is 4. The van der Waals surface area contributed by atoms with Crippen LogP contribution in [0.4, 0.5) is 46.3 Å². The summed E-state index contributed by atoms with van der Waals surface area (Å²) in [6, 6.07) is 21.6. The van der Waals surface area contributed by atoms with Crippen LogP contribution in [0.5, 0.6) is 11.5 Å². The summed E-state index contributed by atoms with van der Waals surface area (Å²) >= 11 is 12.8. The number of ketones is 1. The average molecular weight is 1140 g/mol. The van der Waals surface area contributed by atoms with Gasteiger partial charge in [-0.25, -0.2) is 26.8 Å². The molecule has 418 valence electrons. The number of nitrogens with two attached hydrogens (primary N) is 1. The zero-order valence-electron chi connectivity index (χ0n) is 46.4. The Bertz CT molecular complexity index is 3410. The van der Waals surface area contributed by atoms with E-state index in [4.69, 9.17) is 38.4 Å². The Hall–Kier alpha value is -6.09. The lowest BCUT2D eigenvalue weighted by atomic mass is 9.64. The Morgan fingerprint density at radius 1 is 0.667 bits per heavy atom. The number of para-hydroxylation sites is 2. The van der Waals surface area contributed by atoms with Crippen LogP contribution in [0, 0.1) is 5.92 Å². The molecule has 0 radical (unpaired) electrons. The zero-order valence-corrected chi connectivity index (χ0v) is 49.5. The van der Waals surface area contributed by atoms with Gasteiger partial charge < -0.3 is 41.4 Å². The van der Waals surface area contributed by atoms with Crippen LogP contribution in [-0.2, 0) is 48.1 Å². The van der Waals surface area contributed by atoms with Crippen molar-refractivity contribution in [2.24, 2.45) is 11.7 Å². The van der Waals surface area contributed by atoms with Gasteiger partial charge in [0.1, 0.15) is 27.3 Å². The number of sulfone groups is 2. The summed E-state index contributed by atoms with van der Waals surface area (Å²) < 4.78 is 63.0. The largest absolute Gasteiger partial charge is 0.495 e. The molecule has 2 aliphatic rings. The van der Waals surface area contributed by atoms with Gasteiger partial charge in [-0.3, -0.25) is 4.79 Å². The SMILES string of the molecule is COc1cc2c(cc1Nc1ncc(Cl)c(Nc3ccccc3S(=O)(=O)C(C)C)n1)CCC(CC(=O)CN(C)C)C2(C)C.COc1cc2c(cc1Nc1ncc(Cl)c(Nc3ccccc3S(=O)(=O)C(C)C)n1)CCC(N)C2(C)C. The minimum Gasteiger partial charge on any atom is -0.495 e. The maximum Gasteiger partial charge on any atom is 0.229 e. The molecular weight excluding hydrogens is 1070 g/mol. The molecular formula is C57H72Cl2N10O7S2. The van der Waals surface area contributed by atoms with Gasteiger partial charge in [0.2, 0.25) is 11.9 Å². The number of likely N-dealkylation sites (N-methyl/N-ethyl adjacent to an activating group) is 1. The van der Waals surface area contributed by atoms with Crippen LogP contribution < -0.4 is 36.5 Å². The van der Waals surface area contributed by atoms with Gasteiger partial charge >= 0.3 is 0 Å². The van der Waals surface area contributed by atoms with Gasteiger partial charge in [-0.1, -0.05) is 75.2 Å². The lowest BCUT2D eigenvalue weighted by Crippen LogP contribution is -2.44. The summed E-state index contributed by atoms with van der Waals surface area (Å²) in [4.78, 5) is 32.6. The summed E-state index contributed by atoms with van der Waals surface area (Å²) in [5, 5.41) is 12.0. The number of carbonyl (C=O) groups is 1. The Balaban J connectivity index is 0.000000229. The quantitative estimate of drug-likeness (QED) is 0.0538. The van der Waals surface area contributed by atoms with Crippen LogP contribution in [0.15, 0.2) is 95.0 Å². The molecule has 21 heteroatoms. The highest BCUT2D eigenvalue weighted by Gasteiger charge is 2.39. The molecule has 2 aromatic heterocycles. The van der Waals surface area contributed by atoms with Crippen molar-refractivity contribution < 1.29 is 31.1 Å². The van der Waals surface area contributed by atoms with Crippen molar-refractivity contribution in [1.29, 1.82) is 0 Å². The van der Waals surface area contributed by atoms with Crippen molar-refractivity contribution >= 4 is 94.9 Å². The van der Waals surface area contributed by atoms with Crippen LogP contribution in [0.1, 0.15) is 96.9 Å². The molecule has 0 aliphatic heterocycles. The van der Waals surface area contributed by atoms with E-state index < -0.39 is 30.2 Å². The molecule has 0 amide bonds. The molecule has 6 aromatic rings. The molecule has 2 unspecified atom stereocenters. The first-order valence-corrected chi connectivity index (χ1v) is 29.7. The number of nitrogens with one attached hydrogen (secondary N) is 4. The fourth-order valence-electron chi connectivity index (χ4n) is 9.90. The number of ether oxygens (including phenoxy) is 2. The first-order valence-electron chi connectivity index (χ1n) is 25.8. The van der Waals surface area contributed by atoms with Crippen LogP contribution in [0.3, 0.4) is 0 Å². The molecule has 6 N–H and O–H groups in total. The molecule has 2 atom stereocenters. The third-order valence-corrected chi connectivity index (χ3v) is 19.7. The van der Waals surface area contributed by atoms with Crippen molar-refractivity contribution in [1.82, 2.24) is 24.8 Å². The summed E-state index contributed by atoms with van der Waals surface area (Å²) in [6.07, 6.45) is 6.99. The van der Waals surface area contributed by atoms with Crippen LogP contribution >= 0.6 is 23.2 Å². The molecule has 2 heterocycles. The van der Waals surface area contributed by atoms with Gasteiger partial charge in [0.25, 0.3) is 0 Å². The number of rotatable bonds is 18. The molecule has 4 aromatic carbocycles. The standard InChI is InChI=1S/C31H40ClN5O4S.C26H32ClN5O3S/c1-19(2)42(39,40)28-11-9-8-10-25(28)34-29-24(32)17-33-30(36-29)35-26-14-20-12-13-21(15-22(38)18-37(5)6)31(3,4)23(20)16-27(26)41-7;1-15(2)36(33,34)22-9-7-6-8-19(22)30-24-18(27)14-29-25(32-24)31-20-12-16-10-11-23(28)26(3,4)17(16)13-21(20)35-5/h8-11,14,16-17,19,21H,12-13,15,18H2,1-7H3,(H2,33,34,35,36);6-9,12-15,23H,10-11,28H2,1-5H3,(H2,29,30,31,32). The molecule has 8 rings (SSSR count). The van der Waals surface area contributed by atoms with E-state index in [-0.39, 0.29) is 71.9 Å². The number of halogens is 2. The number of aryl methyl sites for hydroxylation is 2. The van der Waals surface area contributed by atoms with E-state index in [9.17, 15) is 21.6 Å². The third-order valence-electron chi connectivity index (χ3n) is 14.8. The smallest absolute Gasteiger partial charge is 0.229 e. The monoisotopic (exact) mass is 1140 g/mol. The molecule has 0 fully saturated rings. The fraction of sp³-hybridized carbons (Fsp3) is 0.421. The van der Waals surface area contributed by atoms with Gasteiger partial charge in [0.05, 0.1) is 76.2 Å². The number of fused-ring (bicyclic) bond motifs is 2. The molecule has 17 nitrogen and oxygen atoms in total. The summed E-state index contributed by atoms with van der Waals surface area (Å²) in [5.74, 6) is 2.87. The predicted octanol–water partition coefficient (Wildman–Crippen LogP) is 11.5. The van der Waals surface area contributed by atoms with E-state index >= 15 is 0 Å². The Kier molecular flexibility index (Phi) is 18.4. The predicted molar refractivity (Wildman–Crippen MR) is 313 cm³/mol. The van der Waals surface area contributed by atoms with Gasteiger partial charge in [-0.15, -0.1) is 0 Å². The van der Waals surface area contributed by atoms with E-state index in [1.54, 1.807) is 90.4 Å². The Labute approximate surface area is 469 Å². The maximum atomic E-state index is 12.9. The fourth-order valence-corrected chi connectivity index (χ4v) is 12.6. The molecule has 0 spiro atoms. The second-order valence-corrected chi connectivity index (χ2v) is 27.4. The van der Waals surface area contributed by atoms with E-state index in [2.05, 4.69) is 81.0 Å². The Morgan fingerprint density at radius 3 is 1.51 bits per heavy atom. The Morgan fingerprint density at radius 2 is 1.09 bits per heavy atom. The molecule has 0 saturated carbocycles. The van der Waals surface area contributed by atoms with E-state index in [0.29, 0.717) is 41.5 Å². The highest BCUT2D eigenvalue weighted by molar-refractivity contribution is 7.92. The van der Waals surface area contributed by atoms with Gasteiger partial charge in [0.15, 0.2) is 31.3 Å². The first kappa shape index (κ1) is 59.6. The van der Waals surface area contributed by atoms with E-state index in [0.717, 1.165) is 31.4 Å². The second-order valence-electron chi connectivity index (χ2n) is 21.7. The van der Waals surface area contributed by atoms with Gasteiger partial charge in [-0.2, -0.15) is 9.97 Å². The van der Waals surface area contributed by atoms with Crippen molar-refractivity contribution in [3.05, 3.63) is 117 Å². The minimum absolute atomic E-state index is 0.0733. The van der Waals surface area contributed by atoms with Crippen molar-refractivity contribution in [3.63, 3.8) is 0 Å². The second kappa shape index (κ2) is 24.1. The third kappa shape index (κ3) is 13.0. The lowest BCUT2D eigenvalue weighted by Gasteiger charge is -2.41. The van der Waals surface area contributed by atoms with Gasteiger partial charge in [-0.05, 0) is 150 Å². The number of benzene rings is 4. The molecule has 2 aliphatic carbocycles. The number of nitrogens with zero attached hydrogens (tertiary/aromatic N) is 5. The number of methoxy groups -OCH3 is 2. The van der Waals surface area contributed by atoms with Crippen LogP contribution in [0.25, 0.3) is 0 Å². The molecule has 0 saturated heterocycles. The summed E-state index contributed by atoms with van der Waals surface area (Å²) in [6.45, 7) is 15.7. The average Bonchev–Trinajstić information content (AvgIpc) is 3.41. The zero-order chi connectivity index (χ0) is 57.1. The van der Waals surface area contributed by atoms with E-state index in [1.165, 1.54) is 34.6 Å². The highest BCUT2D eigenvalue weighted by atomic mass is 35.5. The number of carbonyl (C=O) groups excluding carboxylic acids is 1. The summed E-state index contributed by atoms with van der Waals surface area (Å²) in [5.41, 5.74) is 12.9. The van der Waals surface area contributed by atoms with Crippen molar-refractivity contribution in [2.75, 3.05) is 56.1 Å². The lowest BCUT2D eigenvalue weighted by molar-refractivity contribution is -0.121. The van der Waals surface area contributed by atoms with Crippen molar-refractivity contribution in [3.8, 4) is 11.5 Å². The van der Waals surface area contributed by atoms with Crippen LogP contribution in [-0.4, -0.2) is 98.9 Å². The molecule has 0 bridgehead atoms. The topological polar surface area (TPSA) is 233 Å². The van der Waals surface area contributed by atoms with Crippen molar-refractivity contribution in [2.45, 2.75) is 125 Å². The number of hydrogen-bond acceptors (Lipinski definition) is 17. The normalized spacial score (nSPS) is 16.6. The van der Waals surface area contributed by atoms with Crippen LogP contribution in [0.2, 0.25) is 10.0 Å². The maximum absolute atomic E-state index is 12.9. The summed E-state index contributed by atoms with van der Waals surface area (Å²) in [7, 11) is -0.00636. The highest BCUT2D eigenvalue weighted by Crippen LogP contribution is 2.47. The van der Waals surface area contributed by atoms with E-state index in [1.807, 2.05) is 31.1 Å². The number of anilines is 8. The number of Topliss-reactive ketones (excluding diaryl/α,β-unsaturated/α-hetero) is 1. The number of hydrogen-bond donors (Lipinski definition) is 5. The minimum atomic E-state index is -3.54. The van der Waals surface area contributed by atoms with Gasteiger partial charge in [0, 0.05) is 17.9 Å². The molecule has 78 heavy (non-hydrogen) atoms. The first-order chi connectivity index (χ1) is 36.7.